The smallest absolute Gasteiger partial charge is 0.325 e. The maximum Gasteiger partial charge on any atom is 0.325 e. The molecule has 0 radical (unpaired) electrons. The SMILES string of the molecule is O=C(O)Cn1nnnc1-c1ccco1. The molecule has 2 rings (SSSR count). The molecular weight excluding hydrogens is 188 g/mol. The van der Waals surface area contributed by atoms with Crippen molar-refractivity contribution in [1.82, 2.24) is 20.2 Å². The highest BCUT2D eigenvalue weighted by molar-refractivity contribution is 5.67. The van der Waals surface area contributed by atoms with Crippen LogP contribution in [-0.4, -0.2) is 31.3 Å². The van der Waals surface area contributed by atoms with Crippen LogP contribution >= 0.6 is 0 Å². The Labute approximate surface area is 78.0 Å². The van der Waals surface area contributed by atoms with Crippen LogP contribution in [0.15, 0.2) is 22.8 Å². The molecule has 7 heteroatoms. The largest absolute Gasteiger partial charge is 0.480 e. The third kappa shape index (κ3) is 1.47. The predicted octanol–water partition coefficient (Wildman–Crippen LogP) is 0.0177. The number of rotatable bonds is 3. The van der Waals surface area contributed by atoms with Gasteiger partial charge in [0.25, 0.3) is 0 Å². The van der Waals surface area contributed by atoms with E-state index in [4.69, 9.17) is 9.52 Å². The highest BCUT2D eigenvalue weighted by Crippen LogP contribution is 2.15. The third-order valence-corrected chi connectivity index (χ3v) is 1.56. The maximum absolute atomic E-state index is 10.4. The zero-order chi connectivity index (χ0) is 9.97. The normalized spacial score (nSPS) is 10.3. The molecule has 0 bridgehead atoms. The molecule has 0 aliphatic rings. The van der Waals surface area contributed by atoms with Gasteiger partial charge in [-0.15, -0.1) is 5.10 Å². The first-order valence-corrected chi connectivity index (χ1v) is 3.79. The number of carbonyl (C=O) groups is 1. The molecule has 0 atom stereocenters. The summed E-state index contributed by atoms with van der Waals surface area (Å²) >= 11 is 0. The Kier molecular flexibility index (Phi) is 1.98. The summed E-state index contributed by atoms with van der Waals surface area (Å²) in [5, 5.41) is 19.1. The van der Waals surface area contributed by atoms with Crippen LogP contribution in [0, 0.1) is 0 Å². The monoisotopic (exact) mass is 194 g/mol. The molecule has 0 aliphatic heterocycles. The second-order valence-corrected chi connectivity index (χ2v) is 2.53. The van der Waals surface area contributed by atoms with E-state index in [1.807, 2.05) is 0 Å². The Morgan fingerprint density at radius 2 is 2.50 bits per heavy atom. The fraction of sp³-hybridized carbons (Fsp3) is 0.143. The second-order valence-electron chi connectivity index (χ2n) is 2.53. The van der Waals surface area contributed by atoms with Gasteiger partial charge in [-0.05, 0) is 22.6 Å². The number of hydrogen-bond acceptors (Lipinski definition) is 5. The summed E-state index contributed by atoms with van der Waals surface area (Å²) in [5.41, 5.74) is 0. The van der Waals surface area contributed by atoms with Crippen LogP contribution in [-0.2, 0) is 11.3 Å². The molecule has 0 fully saturated rings. The number of furan rings is 1. The number of tetrazole rings is 1. The summed E-state index contributed by atoms with van der Waals surface area (Å²) in [6.45, 7) is -0.289. The number of nitrogens with zero attached hydrogens (tertiary/aromatic N) is 4. The minimum absolute atomic E-state index is 0.289. The molecule has 0 saturated heterocycles. The first-order valence-electron chi connectivity index (χ1n) is 3.79. The Morgan fingerprint density at radius 1 is 1.64 bits per heavy atom. The molecule has 0 aromatic carbocycles. The predicted molar refractivity (Wildman–Crippen MR) is 43.2 cm³/mol. The molecule has 0 unspecified atom stereocenters. The van der Waals surface area contributed by atoms with Gasteiger partial charge in [0.1, 0.15) is 6.54 Å². The summed E-state index contributed by atoms with van der Waals surface area (Å²) in [7, 11) is 0. The van der Waals surface area contributed by atoms with Crippen LogP contribution in [0.1, 0.15) is 0 Å². The van der Waals surface area contributed by atoms with Crippen molar-refractivity contribution in [3.8, 4) is 11.6 Å². The van der Waals surface area contributed by atoms with Crippen molar-refractivity contribution >= 4 is 5.97 Å². The van der Waals surface area contributed by atoms with Crippen molar-refractivity contribution in [3.05, 3.63) is 18.4 Å². The molecule has 0 spiro atoms. The zero-order valence-electron chi connectivity index (χ0n) is 6.99. The van der Waals surface area contributed by atoms with Gasteiger partial charge in [-0.25, -0.2) is 4.68 Å². The van der Waals surface area contributed by atoms with Gasteiger partial charge < -0.3 is 9.52 Å². The van der Waals surface area contributed by atoms with Crippen molar-refractivity contribution in [2.75, 3.05) is 0 Å². The van der Waals surface area contributed by atoms with E-state index in [-0.39, 0.29) is 6.54 Å². The lowest BCUT2D eigenvalue weighted by atomic mass is 10.4. The third-order valence-electron chi connectivity index (χ3n) is 1.56. The second kappa shape index (κ2) is 3.29. The Hall–Kier alpha value is -2.18. The Balaban J connectivity index is 2.35. The highest BCUT2D eigenvalue weighted by atomic mass is 16.4. The quantitative estimate of drug-likeness (QED) is 0.740. The number of hydrogen-bond donors (Lipinski definition) is 1. The van der Waals surface area contributed by atoms with Gasteiger partial charge in [0.2, 0.25) is 5.82 Å². The van der Waals surface area contributed by atoms with Gasteiger partial charge in [-0.2, -0.15) is 0 Å². The molecule has 7 nitrogen and oxygen atoms in total. The summed E-state index contributed by atoms with van der Waals surface area (Å²) in [6.07, 6.45) is 1.47. The van der Waals surface area contributed by atoms with Gasteiger partial charge >= 0.3 is 5.97 Å². The highest BCUT2D eigenvalue weighted by Gasteiger charge is 2.13. The summed E-state index contributed by atoms with van der Waals surface area (Å²) in [6, 6.07) is 3.33. The molecule has 14 heavy (non-hydrogen) atoms. The van der Waals surface area contributed by atoms with Gasteiger partial charge in [-0.1, -0.05) is 0 Å². The topological polar surface area (TPSA) is 94.0 Å². The molecule has 72 valence electrons. The van der Waals surface area contributed by atoms with Gasteiger partial charge in [0.15, 0.2) is 5.76 Å². The average molecular weight is 194 g/mol. The first kappa shape index (κ1) is 8.42. The van der Waals surface area contributed by atoms with Crippen LogP contribution in [0.5, 0.6) is 0 Å². The molecule has 0 saturated carbocycles. The van der Waals surface area contributed by atoms with Crippen LogP contribution < -0.4 is 0 Å². The number of aromatic nitrogens is 4. The van der Waals surface area contributed by atoms with Gasteiger partial charge in [0, 0.05) is 0 Å². The zero-order valence-corrected chi connectivity index (χ0v) is 6.99. The van der Waals surface area contributed by atoms with Gasteiger partial charge in [0.05, 0.1) is 6.26 Å². The van der Waals surface area contributed by atoms with Crippen molar-refractivity contribution in [2.24, 2.45) is 0 Å². The number of carboxylic acids is 1. The first-order chi connectivity index (χ1) is 6.77. The van der Waals surface area contributed by atoms with E-state index in [9.17, 15) is 4.79 Å². The lowest BCUT2D eigenvalue weighted by molar-refractivity contribution is -0.137. The number of carboxylic acid groups (broad SMARTS) is 1. The molecule has 1 N–H and O–H groups in total. The van der Waals surface area contributed by atoms with Crippen molar-refractivity contribution in [1.29, 1.82) is 0 Å². The lowest BCUT2D eigenvalue weighted by Crippen LogP contribution is -2.11. The van der Waals surface area contributed by atoms with E-state index in [1.54, 1.807) is 12.1 Å². The molecule has 2 aromatic rings. The van der Waals surface area contributed by atoms with E-state index < -0.39 is 5.97 Å². The molecule has 2 aromatic heterocycles. The van der Waals surface area contributed by atoms with Crippen LogP contribution in [0.3, 0.4) is 0 Å². The summed E-state index contributed by atoms with van der Waals surface area (Å²) in [4.78, 5) is 10.4. The fourth-order valence-electron chi connectivity index (χ4n) is 1.02. The minimum atomic E-state index is -1.01. The van der Waals surface area contributed by atoms with E-state index in [0.29, 0.717) is 11.6 Å². The summed E-state index contributed by atoms with van der Waals surface area (Å²) in [5.74, 6) is -0.265. The van der Waals surface area contributed by atoms with Crippen LogP contribution in [0.4, 0.5) is 0 Å². The summed E-state index contributed by atoms with van der Waals surface area (Å²) < 4.78 is 6.20. The lowest BCUT2D eigenvalue weighted by Gasteiger charge is -1.96. The fourth-order valence-corrected chi connectivity index (χ4v) is 1.02. The minimum Gasteiger partial charge on any atom is -0.480 e. The van der Waals surface area contributed by atoms with E-state index in [2.05, 4.69) is 15.5 Å². The van der Waals surface area contributed by atoms with E-state index in [1.165, 1.54) is 6.26 Å². The van der Waals surface area contributed by atoms with Crippen molar-refractivity contribution < 1.29 is 14.3 Å². The number of aliphatic carboxylic acids is 1. The molecule has 0 aliphatic carbocycles. The van der Waals surface area contributed by atoms with E-state index >= 15 is 0 Å². The Morgan fingerprint density at radius 3 is 3.14 bits per heavy atom. The average Bonchev–Trinajstić information content (AvgIpc) is 2.70. The molecule has 0 amide bonds. The standard InChI is InChI=1S/C7H6N4O3/c12-6(13)4-11-7(8-9-10-11)5-2-1-3-14-5/h1-3H,4H2,(H,12,13). The van der Waals surface area contributed by atoms with Gasteiger partial charge in [-0.3, -0.25) is 4.79 Å². The van der Waals surface area contributed by atoms with Crippen molar-refractivity contribution in [2.45, 2.75) is 6.54 Å². The van der Waals surface area contributed by atoms with Crippen molar-refractivity contribution in [3.63, 3.8) is 0 Å². The molecular formula is C7H6N4O3. The maximum atomic E-state index is 10.4. The molecule has 2 heterocycles. The Bertz CT molecular complexity index is 433. The van der Waals surface area contributed by atoms with Crippen LogP contribution in [0.25, 0.3) is 11.6 Å². The van der Waals surface area contributed by atoms with E-state index in [0.717, 1.165) is 4.68 Å². The van der Waals surface area contributed by atoms with Crippen LogP contribution in [0.2, 0.25) is 0 Å².